The molecule has 1 aliphatic rings. The number of amides is 1. The number of methoxy groups -OCH3 is 3. The first-order valence-electron chi connectivity index (χ1n) is 11.7. The summed E-state index contributed by atoms with van der Waals surface area (Å²) in [5, 5.41) is 12.2. The summed E-state index contributed by atoms with van der Waals surface area (Å²) in [6, 6.07) is 18.4. The number of carboxylic acid groups (broad SMARTS) is 1. The summed E-state index contributed by atoms with van der Waals surface area (Å²) in [5.41, 5.74) is 5.18. The molecule has 1 aliphatic carbocycles. The number of carboxylic acids is 1. The minimum absolute atomic E-state index is 0.106. The number of benzene rings is 3. The van der Waals surface area contributed by atoms with E-state index in [1.807, 2.05) is 36.4 Å². The number of nitrogens with one attached hydrogen (secondary N) is 1. The zero-order chi connectivity index (χ0) is 26.4. The first kappa shape index (κ1) is 26.2. The molecule has 194 valence electrons. The van der Waals surface area contributed by atoms with E-state index in [-0.39, 0.29) is 18.3 Å². The lowest BCUT2D eigenvalue weighted by Gasteiger charge is -2.18. The van der Waals surface area contributed by atoms with Gasteiger partial charge in [-0.1, -0.05) is 48.5 Å². The van der Waals surface area contributed by atoms with Gasteiger partial charge in [0.15, 0.2) is 0 Å². The summed E-state index contributed by atoms with van der Waals surface area (Å²) in [6.45, 7) is 0.111. The average molecular weight is 524 g/mol. The molecule has 0 saturated carbocycles. The first-order chi connectivity index (χ1) is 18.0. The minimum atomic E-state index is -1.14. The van der Waals surface area contributed by atoms with E-state index in [9.17, 15) is 14.7 Å². The topological polar surface area (TPSA) is 103 Å². The van der Waals surface area contributed by atoms with Crippen molar-refractivity contribution >= 4 is 23.8 Å². The highest BCUT2D eigenvalue weighted by Crippen LogP contribution is 2.44. The largest absolute Gasteiger partial charge is 0.496 e. The summed E-state index contributed by atoms with van der Waals surface area (Å²) in [7, 11) is 4.64. The van der Waals surface area contributed by atoms with Crippen LogP contribution >= 0.6 is 11.8 Å². The van der Waals surface area contributed by atoms with Gasteiger partial charge in [0.2, 0.25) is 0 Å². The van der Waals surface area contributed by atoms with Crippen LogP contribution in [0.3, 0.4) is 0 Å². The van der Waals surface area contributed by atoms with Gasteiger partial charge in [-0.3, -0.25) is 0 Å². The summed E-state index contributed by atoms with van der Waals surface area (Å²) in [6.07, 6.45) is -0.769. The Labute approximate surface area is 219 Å². The fourth-order valence-corrected chi connectivity index (χ4v) is 5.52. The summed E-state index contributed by atoms with van der Waals surface area (Å²) in [4.78, 5) is 24.4. The van der Waals surface area contributed by atoms with Crippen LogP contribution < -0.4 is 19.5 Å². The van der Waals surface area contributed by atoms with E-state index in [0.29, 0.717) is 23.0 Å². The van der Waals surface area contributed by atoms with Crippen molar-refractivity contribution in [2.45, 2.75) is 17.7 Å². The summed E-state index contributed by atoms with van der Waals surface area (Å²) < 4.78 is 21.7. The van der Waals surface area contributed by atoms with Crippen molar-refractivity contribution in [3.05, 3.63) is 77.4 Å². The number of aliphatic carboxylic acids is 1. The quantitative estimate of drug-likeness (QED) is 0.364. The smallest absolute Gasteiger partial charge is 0.407 e. The van der Waals surface area contributed by atoms with E-state index in [1.54, 1.807) is 33.5 Å². The van der Waals surface area contributed by atoms with Gasteiger partial charge in [0.05, 0.1) is 21.3 Å². The molecular weight excluding hydrogens is 494 g/mol. The van der Waals surface area contributed by atoms with E-state index in [0.717, 1.165) is 27.8 Å². The predicted octanol–water partition coefficient (Wildman–Crippen LogP) is 4.94. The van der Waals surface area contributed by atoms with Gasteiger partial charge >= 0.3 is 12.1 Å². The van der Waals surface area contributed by atoms with Gasteiger partial charge in [0, 0.05) is 35.1 Å². The molecule has 0 aromatic heterocycles. The van der Waals surface area contributed by atoms with Gasteiger partial charge in [0.1, 0.15) is 29.9 Å². The van der Waals surface area contributed by atoms with Crippen LogP contribution in [-0.4, -0.2) is 56.9 Å². The molecule has 1 unspecified atom stereocenters. The number of thioether (sulfide) groups is 1. The van der Waals surface area contributed by atoms with E-state index < -0.39 is 18.1 Å². The highest BCUT2D eigenvalue weighted by atomic mass is 32.2. The Morgan fingerprint density at radius 2 is 1.49 bits per heavy atom. The van der Waals surface area contributed by atoms with Gasteiger partial charge in [-0.25, -0.2) is 9.59 Å². The van der Waals surface area contributed by atoms with Crippen molar-refractivity contribution in [2.75, 3.05) is 33.7 Å². The Morgan fingerprint density at radius 3 is 2.00 bits per heavy atom. The monoisotopic (exact) mass is 523 g/mol. The summed E-state index contributed by atoms with van der Waals surface area (Å²) >= 11 is 1.33. The Hall–Kier alpha value is -3.85. The molecule has 37 heavy (non-hydrogen) atoms. The Kier molecular flexibility index (Phi) is 8.45. The number of fused-ring (bicyclic) bond motifs is 3. The highest BCUT2D eigenvalue weighted by molar-refractivity contribution is 7.98. The standard InChI is InChI=1S/C28H29NO7S/c1-33-17-12-25(34-2)23(26(13-17)35-3)15-37-16-24(27(30)31)29-28(32)36-14-22-20-10-6-4-8-18(20)19-9-5-7-11-21(19)22/h4-13,22,24H,14-16H2,1-3H3,(H,29,32)(H,30,31). The van der Waals surface area contributed by atoms with Crippen LogP contribution in [0.1, 0.15) is 22.6 Å². The first-order valence-corrected chi connectivity index (χ1v) is 12.8. The third kappa shape index (κ3) is 5.77. The lowest BCUT2D eigenvalue weighted by molar-refractivity contribution is -0.138. The van der Waals surface area contributed by atoms with Crippen molar-refractivity contribution in [2.24, 2.45) is 0 Å². The molecule has 0 fully saturated rings. The van der Waals surface area contributed by atoms with E-state index in [2.05, 4.69) is 17.4 Å². The van der Waals surface area contributed by atoms with Crippen LogP contribution in [0.25, 0.3) is 11.1 Å². The number of carbonyl (C=O) groups is 2. The van der Waals surface area contributed by atoms with Crippen molar-refractivity contribution < 1.29 is 33.6 Å². The van der Waals surface area contributed by atoms with Crippen LogP contribution in [0.2, 0.25) is 0 Å². The van der Waals surface area contributed by atoms with Crippen molar-refractivity contribution in [3.8, 4) is 28.4 Å². The normalized spacial score (nSPS) is 12.7. The van der Waals surface area contributed by atoms with E-state index in [1.165, 1.54) is 11.8 Å². The zero-order valence-electron chi connectivity index (χ0n) is 20.9. The van der Waals surface area contributed by atoms with Crippen LogP contribution in [0, 0.1) is 0 Å². The Morgan fingerprint density at radius 1 is 0.919 bits per heavy atom. The molecule has 4 rings (SSSR count). The van der Waals surface area contributed by atoms with E-state index in [4.69, 9.17) is 18.9 Å². The molecule has 9 heteroatoms. The second-order valence-electron chi connectivity index (χ2n) is 8.39. The van der Waals surface area contributed by atoms with E-state index >= 15 is 0 Å². The SMILES string of the molecule is COc1cc(OC)c(CSCC(NC(=O)OCC2c3ccccc3-c3ccccc32)C(=O)O)c(OC)c1. The highest BCUT2D eigenvalue weighted by Gasteiger charge is 2.30. The molecule has 8 nitrogen and oxygen atoms in total. The maximum Gasteiger partial charge on any atom is 0.407 e. The zero-order valence-corrected chi connectivity index (χ0v) is 21.7. The van der Waals surface area contributed by atoms with Gasteiger partial charge in [-0.15, -0.1) is 0 Å². The predicted molar refractivity (Wildman–Crippen MR) is 142 cm³/mol. The van der Waals surface area contributed by atoms with Gasteiger partial charge in [-0.2, -0.15) is 11.8 Å². The third-order valence-corrected chi connectivity index (χ3v) is 7.34. The molecule has 0 radical (unpaired) electrons. The Balaban J connectivity index is 1.36. The molecule has 0 bridgehead atoms. The van der Waals surface area contributed by atoms with Crippen LogP contribution in [0.5, 0.6) is 17.2 Å². The number of rotatable bonds is 11. The number of carbonyl (C=O) groups excluding carboxylic acids is 1. The van der Waals surface area contributed by atoms with Crippen LogP contribution in [0.4, 0.5) is 4.79 Å². The fourth-order valence-electron chi connectivity index (χ4n) is 4.46. The summed E-state index contributed by atoms with van der Waals surface area (Å²) in [5.74, 6) is 1.01. The number of ether oxygens (including phenoxy) is 4. The number of hydrogen-bond acceptors (Lipinski definition) is 7. The number of alkyl carbamates (subject to hydrolysis) is 1. The third-order valence-electron chi connectivity index (χ3n) is 6.28. The molecule has 3 aromatic rings. The molecule has 2 N–H and O–H groups in total. The Bertz CT molecular complexity index is 1210. The molecule has 0 aliphatic heterocycles. The van der Waals surface area contributed by atoms with Gasteiger partial charge < -0.3 is 29.4 Å². The molecule has 3 aromatic carbocycles. The van der Waals surface area contributed by atoms with Crippen molar-refractivity contribution in [1.29, 1.82) is 0 Å². The van der Waals surface area contributed by atoms with Gasteiger partial charge in [-0.05, 0) is 22.3 Å². The molecule has 0 heterocycles. The molecular formula is C28H29NO7S. The second-order valence-corrected chi connectivity index (χ2v) is 9.42. The fraction of sp³-hybridized carbons (Fsp3) is 0.286. The maximum absolute atomic E-state index is 12.6. The molecule has 0 saturated heterocycles. The average Bonchev–Trinajstić information content (AvgIpc) is 3.24. The molecule has 0 spiro atoms. The molecule has 1 atom stereocenters. The number of hydrogen-bond donors (Lipinski definition) is 2. The van der Waals surface area contributed by atoms with Crippen molar-refractivity contribution in [3.63, 3.8) is 0 Å². The van der Waals surface area contributed by atoms with Crippen LogP contribution in [0.15, 0.2) is 60.7 Å². The lowest BCUT2D eigenvalue weighted by atomic mass is 9.98. The molecule has 1 amide bonds. The van der Waals surface area contributed by atoms with Crippen LogP contribution in [-0.2, 0) is 15.3 Å². The van der Waals surface area contributed by atoms with Crippen molar-refractivity contribution in [1.82, 2.24) is 5.32 Å². The lowest BCUT2D eigenvalue weighted by Crippen LogP contribution is -2.43. The maximum atomic E-state index is 12.6. The minimum Gasteiger partial charge on any atom is -0.496 e. The second kappa shape index (κ2) is 11.9. The van der Waals surface area contributed by atoms with Gasteiger partial charge in [0.25, 0.3) is 0 Å².